The van der Waals surface area contributed by atoms with Crippen LogP contribution < -0.4 is 10.2 Å². The summed E-state index contributed by atoms with van der Waals surface area (Å²) in [5, 5.41) is 11.6. The number of amides is 3. The number of carboxylic acid groups (broad SMARTS) is 1. The summed E-state index contributed by atoms with van der Waals surface area (Å²) in [6.07, 6.45) is 0. The fourth-order valence-electron chi connectivity index (χ4n) is 2.53. The number of nitrogens with one attached hydrogen (secondary N) is 1. The largest absolute Gasteiger partial charge is 0.478 e. The number of carboxylic acids is 1. The Bertz CT molecular complexity index is 904. The second-order valence-corrected chi connectivity index (χ2v) is 5.24. The quantitative estimate of drug-likeness (QED) is 0.842. The van der Waals surface area contributed by atoms with Gasteiger partial charge in [0.1, 0.15) is 0 Å². The van der Waals surface area contributed by atoms with E-state index in [0.29, 0.717) is 11.4 Å². The van der Waals surface area contributed by atoms with Crippen LogP contribution in [0.1, 0.15) is 38.0 Å². The van der Waals surface area contributed by atoms with E-state index in [4.69, 9.17) is 5.11 Å². The summed E-state index contributed by atoms with van der Waals surface area (Å²) in [7, 11) is 0. The Labute approximate surface area is 136 Å². The van der Waals surface area contributed by atoms with Gasteiger partial charge in [-0.05, 0) is 36.4 Å². The van der Waals surface area contributed by atoms with E-state index in [1.54, 1.807) is 18.2 Å². The molecular formula is C17H12N2O5. The Balaban J connectivity index is 2.02. The fraction of sp³-hybridized carbons (Fsp3) is 0.0588. The highest BCUT2D eigenvalue weighted by molar-refractivity contribution is 6.34. The van der Waals surface area contributed by atoms with Crippen molar-refractivity contribution in [1.29, 1.82) is 0 Å². The number of hydrogen-bond acceptors (Lipinski definition) is 4. The van der Waals surface area contributed by atoms with Gasteiger partial charge in [-0.2, -0.15) is 0 Å². The average Bonchev–Trinajstić information content (AvgIpc) is 2.78. The van der Waals surface area contributed by atoms with Crippen molar-refractivity contribution in [3.05, 3.63) is 59.2 Å². The molecule has 3 rings (SSSR count). The number of carbonyl (C=O) groups excluding carboxylic acids is 3. The van der Waals surface area contributed by atoms with Crippen LogP contribution in [0.3, 0.4) is 0 Å². The van der Waals surface area contributed by atoms with Crippen LogP contribution in [0.15, 0.2) is 42.5 Å². The zero-order chi connectivity index (χ0) is 17.4. The zero-order valence-corrected chi connectivity index (χ0v) is 12.6. The molecule has 3 amide bonds. The molecule has 2 aromatic rings. The Morgan fingerprint density at radius 2 is 1.71 bits per heavy atom. The minimum absolute atomic E-state index is 0.0461. The van der Waals surface area contributed by atoms with Crippen molar-refractivity contribution in [2.75, 3.05) is 10.2 Å². The van der Waals surface area contributed by atoms with E-state index in [1.165, 1.54) is 31.2 Å². The van der Waals surface area contributed by atoms with Gasteiger partial charge in [-0.15, -0.1) is 0 Å². The maximum absolute atomic E-state index is 12.5. The molecule has 7 nitrogen and oxygen atoms in total. The first-order valence-corrected chi connectivity index (χ1v) is 7.02. The third-order valence-corrected chi connectivity index (χ3v) is 3.56. The number of nitrogens with zero attached hydrogens (tertiary/aromatic N) is 1. The van der Waals surface area contributed by atoms with Gasteiger partial charge in [0.15, 0.2) is 0 Å². The number of imide groups is 1. The lowest BCUT2D eigenvalue weighted by Gasteiger charge is -2.15. The molecule has 0 radical (unpaired) electrons. The van der Waals surface area contributed by atoms with E-state index >= 15 is 0 Å². The molecule has 2 N–H and O–H groups in total. The van der Waals surface area contributed by atoms with E-state index in [0.717, 1.165) is 4.90 Å². The van der Waals surface area contributed by atoms with Gasteiger partial charge in [-0.25, -0.2) is 9.69 Å². The molecule has 7 heteroatoms. The van der Waals surface area contributed by atoms with Crippen molar-refractivity contribution >= 4 is 35.1 Å². The molecule has 1 aliphatic rings. The van der Waals surface area contributed by atoms with Crippen molar-refractivity contribution in [1.82, 2.24) is 0 Å². The number of anilines is 2. The molecule has 120 valence electrons. The summed E-state index contributed by atoms with van der Waals surface area (Å²) >= 11 is 0. The summed E-state index contributed by atoms with van der Waals surface area (Å²) in [5.74, 6) is -2.59. The summed E-state index contributed by atoms with van der Waals surface area (Å²) < 4.78 is 0. The first-order chi connectivity index (χ1) is 11.4. The SMILES string of the molecule is CC(=O)Nc1cccc(N2C(=O)c3ccc(C(=O)O)cc3C2=O)c1. The van der Waals surface area contributed by atoms with Gasteiger partial charge in [-0.1, -0.05) is 6.07 Å². The van der Waals surface area contributed by atoms with Gasteiger partial charge in [0.25, 0.3) is 11.8 Å². The predicted molar refractivity (Wildman–Crippen MR) is 85.3 cm³/mol. The summed E-state index contributed by atoms with van der Waals surface area (Å²) in [5.41, 5.74) is 0.871. The molecule has 0 saturated carbocycles. The molecule has 0 atom stereocenters. The van der Waals surface area contributed by atoms with Gasteiger partial charge in [0.05, 0.1) is 22.4 Å². The molecule has 0 unspecified atom stereocenters. The van der Waals surface area contributed by atoms with Gasteiger partial charge in [0.2, 0.25) is 5.91 Å². The Kier molecular flexibility index (Phi) is 3.61. The molecule has 0 saturated heterocycles. The van der Waals surface area contributed by atoms with Gasteiger partial charge in [-0.3, -0.25) is 14.4 Å². The first kappa shape index (κ1) is 15.4. The third kappa shape index (κ3) is 2.52. The topological polar surface area (TPSA) is 104 Å². The van der Waals surface area contributed by atoms with E-state index in [1.807, 2.05) is 0 Å². The van der Waals surface area contributed by atoms with E-state index in [-0.39, 0.29) is 22.6 Å². The standard InChI is InChI=1S/C17H12N2O5/c1-9(20)18-11-3-2-4-12(8-11)19-15(21)13-6-5-10(17(23)24)7-14(13)16(19)22/h2-8H,1H3,(H,18,20)(H,23,24). The number of hydrogen-bond donors (Lipinski definition) is 2. The molecule has 2 aromatic carbocycles. The van der Waals surface area contributed by atoms with Gasteiger partial charge < -0.3 is 10.4 Å². The number of aromatic carboxylic acids is 1. The molecule has 0 aromatic heterocycles. The molecular weight excluding hydrogens is 312 g/mol. The number of carbonyl (C=O) groups is 4. The van der Waals surface area contributed by atoms with Gasteiger partial charge in [0, 0.05) is 12.6 Å². The van der Waals surface area contributed by atoms with Crippen molar-refractivity contribution in [2.45, 2.75) is 6.92 Å². The number of rotatable bonds is 3. The highest BCUT2D eigenvalue weighted by Gasteiger charge is 2.37. The fourth-order valence-corrected chi connectivity index (χ4v) is 2.53. The Morgan fingerprint density at radius 1 is 1.00 bits per heavy atom. The minimum atomic E-state index is -1.18. The van der Waals surface area contributed by atoms with Crippen LogP contribution in [0.2, 0.25) is 0 Å². The van der Waals surface area contributed by atoms with Crippen LogP contribution in [0.25, 0.3) is 0 Å². The highest BCUT2D eigenvalue weighted by Crippen LogP contribution is 2.30. The smallest absolute Gasteiger partial charge is 0.335 e. The average molecular weight is 324 g/mol. The molecule has 1 heterocycles. The molecule has 0 aliphatic carbocycles. The Morgan fingerprint density at radius 3 is 2.38 bits per heavy atom. The summed E-state index contributed by atoms with van der Waals surface area (Å²) in [4.78, 5) is 48.2. The van der Waals surface area contributed by atoms with Crippen LogP contribution in [-0.4, -0.2) is 28.8 Å². The monoisotopic (exact) mass is 324 g/mol. The second kappa shape index (κ2) is 5.62. The van der Waals surface area contributed by atoms with Gasteiger partial charge >= 0.3 is 5.97 Å². The Hall–Kier alpha value is -3.48. The number of benzene rings is 2. The third-order valence-electron chi connectivity index (χ3n) is 3.56. The maximum atomic E-state index is 12.5. The van der Waals surface area contributed by atoms with Crippen LogP contribution in [-0.2, 0) is 4.79 Å². The van der Waals surface area contributed by atoms with Crippen molar-refractivity contribution in [3.63, 3.8) is 0 Å². The van der Waals surface area contributed by atoms with Crippen LogP contribution >= 0.6 is 0 Å². The lowest BCUT2D eigenvalue weighted by molar-refractivity contribution is -0.114. The van der Waals surface area contributed by atoms with E-state index in [2.05, 4.69) is 5.32 Å². The van der Waals surface area contributed by atoms with E-state index < -0.39 is 17.8 Å². The molecule has 0 spiro atoms. The van der Waals surface area contributed by atoms with Crippen molar-refractivity contribution in [2.24, 2.45) is 0 Å². The summed E-state index contributed by atoms with van der Waals surface area (Å²) in [6.45, 7) is 1.35. The maximum Gasteiger partial charge on any atom is 0.335 e. The summed E-state index contributed by atoms with van der Waals surface area (Å²) in [6, 6.07) is 10.1. The number of fused-ring (bicyclic) bond motifs is 1. The molecule has 0 bridgehead atoms. The van der Waals surface area contributed by atoms with Crippen LogP contribution in [0.5, 0.6) is 0 Å². The van der Waals surface area contributed by atoms with Crippen LogP contribution in [0.4, 0.5) is 11.4 Å². The second-order valence-electron chi connectivity index (χ2n) is 5.24. The van der Waals surface area contributed by atoms with Crippen molar-refractivity contribution < 1.29 is 24.3 Å². The minimum Gasteiger partial charge on any atom is -0.478 e. The molecule has 1 aliphatic heterocycles. The zero-order valence-electron chi connectivity index (χ0n) is 12.6. The lowest BCUT2D eigenvalue weighted by Crippen LogP contribution is -2.29. The normalized spacial score (nSPS) is 13.0. The first-order valence-electron chi connectivity index (χ1n) is 7.02. The lowest BCUT2D eigenvalue weighted by atomic mass is 10.1. The highest BCUT2D eigenvalue weighted by atomic mass is 16.4. The van der Waals surface area contributed by atoms with Crippen molar-refractivity contribution in [3.8, 4) is 0 Å². The predicted octanol–water partition coefficient (Wildman–Crippen LogP) is 2.14. The van der Waals surface area contributed by atoms with E-state index in [9.17, 15) is 19.2 Å². The van der Waals surface area contributed by atoms with Crippen LogP contribution in [0, 0.1) is 0 Å². The molecule has 0 fully saturated rings. The molecule has 24 heavy (non-hydrogen) atoms.